The van der Waals surface area contributed by atoms with Gasteiger partial charge in [-0.25, -0.2) is 9.97 Å². The second-order valence-electron chi connectivity index (χ2n) is 7.46. The van der Waals surface area contributed by atoms with Gasteiger partial charge in [-0.3, -0.25) is 14.2 Å². The van der Waals surface area contributed by atoms with Crippen molar-refractivity contribution in [2.24, 2.45) is 0 Å². The van der Waals surface area contributed by atoms with E-state index in [0.717, 1.165) is 31.9 Å². The van der Waals surface area contributed by atoms with Gasteiger partial charge in [-0.1, -0.05) is 53.8 Å². The second-order valence-corrected chi connectivity index (χ2v) is 8.65. The molecular weight excluding hydrogens is 406 g/mol. The van der Waals surface area contributed by atoms with Gasteiger partial charge in [-0.2, -0.15) is 0 Å². The number of aromatic nitrogens is 3. The Hall–Kier alpha value is -3.90. The Morgan fingerprint density at radius 2 is 1.45 bits per heavy atom. The maximum atomic E-state index is 13.2. The van der Waals surface area contributed by atoms with Crippen molar-refractivity contribution in [3.05, 3.63) is 94.3 Å². The lowest BCUT2D eigenvalue weighted by Crippen LogP contribution is -2.04. The van der Waals surface area contributed by atoms with E-state index >= 15 is 0 Å². The minimum absolute atomic E-state index is 0.136. The molecule has 0 aliphatic heterocycles. The predicted molar refractivity (Wildman–Crippen MR) is 122 cm³/mol. The van der Waals surface area contributed by atoms with Crippen molar-refractivity contribution in [2.75, 3.05) is 0 Å². The Labute approximate surface area is 181 Å². The Balaban J connectivity index is 1.55. The molecule has 0 saturated carbocycles. The molecule has 0 unspecified atom stereocenters. The van der Waals surface area contributed by atoms with Gasteiger partial charge in [-0.15, -0.1) is 0 Å². The number of carbonyl (C=O) groups excluding carboxylic acids is 2. The Morgan fingerprint density at radius 1 is 0.839 bits per heavy atom. The molecule has 5 aromatic rings. The molecule has 31 heavy (non-hydrogen) atoms. The summed E-state index contributed by atoms with van der Waals surface area (Å²) in [5.41, 5.74) is 2.63. The summed E-state index contributed by atoms with van der Waals surface area (Å²) in [7, 11) is 0. The van der Waals surface area contributed by atoms with Crippen LogP contribution in [0.4, 0.5) is 0 Å². The van der Waals surface area contributed by atoms with E-state index in [1.165, 1.54) is 11.3 Å². The fraction of sp³-hybridized carbons (Fsp3) is 0.0400. The summed E-state index contributed by atoms with van der Waals surface area (Å²) in [4.78, 5) is 36.4. The van der Waals surface area contributed by atoms with Crippen LogP contribution in [0.15, 0.2) is 72.3 Å². The number of thiazole rings is 1. The van der Waals surface area contributed by atoms with Crippen molar-refractivity contribution in [3.63, 3.8) is 0 Å². The van der Waals surface area contributed by atoms with Gasteiger partial charge in [0.15, 0.2) is 22.0 Å². The summed E-state index contributed by atoms with van der Waals surface area (Å²) in [6.07, 6.45) is 1.60. The lowest BCUT2D eigenvalue weighted by Gasteiger charge is -2.06. The average molecular weight is 421 g/mol. The molecule has 2 heterocycles. The minimum atomic E-state index is -0.263. The number of benzene rings is 3. The number of hydrogen-bond acceptors (Lipinski definition) is 5. The van der Waals surface area contributed by atoms with Crippen molar-refractivity contribution in [1.29, 1.82) is 0 Å². The van der Waals surface area contributed by atoms with Gasteiger partial charge in [0.1, 0.15) is 5.82 Å². The zero-order chi connectivity index (χ0) is 21.1. The van der Waals surface area contributed by atoms with Crippen LogP contribution in [0.25, 0.3) is 33.0 Å². The molecule has 0 radical (unpaired) electrons. The quantitative estimate of drug-likeness (QED) is 0.283. The van der Waals surface area contributed by atoms with Gasteiger partial charge in [0.25, 0.3) is 0 Å². The molecule has 0 amide bonds. The standard InChI is InChI=1S/C25H15N3O2S/c1-14-26-24-25(31-14)27-21(28(24)17-9-3-2-4-10-17)13-20-22(29)18-11-15-7-5-6-8-16(15)12-19(18)23(20)30/h2-13H,1H3. The number of allylic oxidation sites excluding steroid dienone is 1. The first-order chi connectivity index (χ1) is 15.1. The number of ketones is 2. The van der Waals surface area contributed by atoms with Crippen LogP contribution in [0.1, 0.15) is 31.5 Å². The van der Waals surface area contributed by atoms with E-state index in [4.69, 9.17) is 4.98 Å². The molecule has 0 N–H and O–H groups in total. The number of hydrogen-bond donors (Lipinski definition) is 0. The van der Waals surface area contributed by atoms with Gasteiger partial charge in [0.05, 0.1) is 10.6 Å². The van der Waals surface area contributed by atoms with Gasteiger partial charge < -0.3 is 0 Å². The minimum Gasteiger partial charge on any atom is -0.288 e. The third kappa shape index (κ3) is 2.69. The maximum Gasteiger partial charge on any atom is 0.197 e. The summed E-state index contributed by atoms with van der Waals surface area (Å²) in [6, 6.07) is 21.1. The third-order valence-electron chi connectivity index (χ3n) is 5.51. The number of rotatable bonds is 2. The van der Waals surface area contributed by atoms with E-state index in [1.54, 1.807) is 18.2 Å². The van der Waals surface area contributed by atoms with E-state index in [9.17, 15) is 9.59 Å². The zero-order valence-corrected chi connectivity index (χ0v) is 17.3. The van der Waals surface area contributed by atoms with Crippen LogP contribution < -0.4 is 0 Å². The highest BCUT2D eigenvalue weighted by Crippen LogP contribution is 2.33. The molecule has 0 fully saturated rings. The molecule has 1 aliphatic carbocycles. The zero-order valence-electron chi connectivity index (χ0n) is 16.5. The number of carbonyl (C=O) groups is 2. The first-order valence-electron chi connectivity index (χ1n) is 9.85. The van der Waals surface area contributed by atoms with Crippen molar-refractivity contribution in [1.82, 2.24) is 14.5 Å². The van der Waals surface area contributed by atoms with Crippen molar-refractivity contribution < 1.29 is 9.59 Å². The molecule has 2 aromatic heterocycles. The fourth-order valence-corrected chi connectivity index (χ4v) is 4.86. The van der Waals surface area contributed by atoms with Gasteiger partial charge in [-0.05, 0) is 48.0 Å². The molecule has 3 aromatic carbocycles. The Kier molecular flexibility index (Phi) is 3.79. The largest absolute Gasteiger partial charge is 0.288 e. The van der Waals surface area contributed by atoms with Crippen molar-refractivity contribution >= 4 is 50.2 Å². The summed E-state index contributed by atoms with van der Waals surface area (Å²) in [5.74, 6) is -0.00395. The number of fused-ring (bicyclic) bond motifs is 3. The van der Waals surface area contributed by atoms with E-state index in [2.05, 4.69) is 4.98 Å². The van der Waals surface area contributed by atoms with Crippen LogP contribution in [0, 0.1) is 6.92 Å². The SMILES string of the molecule is Cc1nc2c(nc(C=C3C(=O)c4cc5ccccc5cc4C3=O)n2-c2ccccc2)s1. The number of para-hydroxylation sites is 1. The first-order valence-corrected chi connectivity index (χ1v) is 10.7. The van der Waals surface area contributed by atoms with Crippen LogP contribution >= 0.6 is 11.3 Å². The fourth-order valence-electron chi connectivity index (χ4n) is 4.08. The molecule has 5 nitrogen and oxygen atoms in total. The molecular formula is C25H15N3O2S. The lowest BCUT2D eigenvalue weighted by atomic mass is 10.0. The first kappa shape index (κ1) is 17.9. The average Bonchev–Trinajstić information content (AvgIpc) is 3.37. The summed E-state index contributed by atoms with van der Waals surface area (Å²) >= 11 is 1.49. The number of imidazole rings is 1. The van der Waals surface area contributed by atoms with Crippen LogP contribution in [-0.2, 0) is 0 Å². The second kappa shape index (κ2) is 6.55. The third-order valence-corrected chi connectivity index (χ3v) is 6.36. The molecule has 0 spiro atoms. The number of nitrogens with zero attached hydrogens (tertiary/aromatic N) is 3. The highest BCUT2D eigenvalue weighted by atomic mass is 32.1. The van der Waals surface area contributed by atoms with Gasteiger partial charge in [0, 0.05) is 16.8 Å². The van der Waals surface area contributed by atoms with Crippen LogP contribution in [-0.4, -0.2) is 26.1 Å². The normalized spacial score (nSPS) is 13.4. The van der Waals surface area contributed by atoms with Crippen molar-refractivity contribution in [3.8, 4) is 5.69 Å². The number of aryl methyl sites for hydroxylation is 1. The monoisotopic (exact) mass is 421 g/mol. The van der Waals surface area contributed by atoms with E-state index in [0.29, 0.717) is 17.0 Å². The van der Waals surface area contributed by atoms with Gasteiger partial charge >= 0.3 is 0 Å². The predicted octanol–water partition coefficient (Wildman–Crippen LogP) is 5.41. The summed E-state index contributed by atoms with van der Waals surface area (Å²) < 4.78 is 1.89. The summed E-state index contributed by atoms with van der Waals surface area (Å²) in [6.45, 7) is 1.94. The van der Waals surface area contributed by atoms with Crippen LogP contribution in [0.5, 0.6) is 0 Å². The maximum absolute atomic E-state index is 13.2. The highest BCUT2D eigenvalue weighted by molar-refractivity contribution is 7.18. The highest BCUT2D eigenvalue weighted by Gasteiger charge is 2.34. The van der Waals surface area contributed by atoms with E-state index in [1.807, 2.05) is 66.1 Å². The molecule has 0 saturated heterocycles. The number of Topliss-reactive ketones (excluding diaryl/α,β-unsaturated/α-hetero) is 2. The lowest BCUT2D eigenvalue weighted by molar-refractivity contribution is 0.0990. The molecule has 148 valence electrons. The summed E-state index contributed by atoms with van der Waals surface area (Å²) in [5, 5.41) is 2.79. The molecule has 6 rings (SSSR count). The van der Waals surface area contributed by atoms with Crippen LogP contribution in [0.2, 0.25) is 0 Å². The Bertz CT molecular complexity index is 1520. The molecule has 0 bridgehead atoms. The van der Waals surface area contributed by atoms with Crippen molar-refractivity contribution in [2.45, 2.75) is 6.92 Å². The topological polar surface area (TPSA) is 64.8 Å². The Morgan fingerprint density at radius 3 is 2.10 bits per heavy atom. The van der Waals surface area contributed by atoms with E-state index in [-0.39, 0.29) is 17.1 Å². The molecule has 6 heteroatoms. The van der Waals surface area contributed by atoms with E-state index < -0.39 is 0 Å². The molecule has 0 atom stereocenters. The van der Waals surface area contributed by atoms with Gasteiger partial charge in [0.2, 0.25) is 0 Å². The smallest absolute Gasteiger partial charge is 0.197 e. The molecule has 1 aliphatic rings. The van der Waals surface area contributed by atoms with Crippen LogP contribution in [0.3, 0.4) is 0 Å².